The number of amides is 1. The Bertz CT molecular complexity index is 877. The number of ether oxygens (including phenoxy) is 1. The maximum absolute atomic E-state index is 13.0. The topological polar surface area (TPSA) is 84.5 Å². The van der Waals surface area contributed by atoms with Crippen LogP contribution < -0.4 is 14.8 Å². The van der Waals surface area contributed by atoms with Gasteiger partial charge in [0, 0.05) is 30.6 Å². The SMILES string of the molecule is O=C(CCCOc1cccc(F)c1)NCCNS(=O)(=O)c1cccc(Cl)c1. The molecule has 6 nitrogen and oxygen atoms in total. The third kappa shape index (κ3) is 7.54. The fourth-order valence-corrected chi connectivity index (χ4v) is 3.50. The molecule has 0 atom stereocenters. The van der Waals surface area contributed by atoms with Crippen LogP contribution in [0.15, 0.2) is 53.4 Å². The number of hydrogen-bond donors (Lipinski definition) is 2. The molecule has 0 saturated carbocycles. The molecule has 0 aliphatic heterocycles. The van der Waals surface area contributed by atoms with Gasteiger partial charge in [-0.1, -0.05) is 23.7 Å². The first-order valence-electron chi connectivity index (χ1n) is 8.27. The molecule has 0 aliphatic rings. The van der Waals surface area contributed by atoms with E-state index in [2.05, 4.69) is 10.0 Å². The van der Waals surface area contributed by atoms with E-state index >= 15 is 0 Å². The van der Waals surface area contributed by atoms with Crippen molar-refractivity contribution in [1.29, 1.82) is 0 Å². The number of hydrogen-bond acceptors (Lipinski definition) is 4. The van der Waals surface area contributed by atoms with Crippen molar-refractivity contribution in [2.24, 2.45) is 0 Å². The van der Waals surface area contributed by atoms with Crippen molar-refractivity contribution in [1.82, 2.24) is 10.0 Å². The molecule has 0 unspecified atom stereocenters. The van der Waals surface area contributed by atoms with Gasteiger partial charge in [0.1, 0.15) is 11.6 Å². The minimum atomic E-state index is -3.67. The molecule has 0 aromatic heterocycles. The van der Waals surface area contributed by atoms with Gasteiger partial charge in [-0.3, -0.25) is 4.79 Å². The van der Waals surface area contributed by atoms with E-state index in [9.17, 15) is 17.6 Å². The summed E-state index contributed by atoms with van der Waals surface area (Å²) in [5.74, 6) is -0.198. The van der Waals surface area contributed by atoms with E-state index in [1.54, 1.807) is 24.3 Å². The summed E-state index contributed by atoms with van der Waals surface area (Å²) in [7, 11) is -3.67. The van der Waals surface area contributed by atoms with Crippen LogP contribution in [-0.2, 0) is 14.8 Å². The molecule has 2 aromatic carbocycles. The van der Waals surface area contributed by atoms with Crippen molar-refractivity contribution in [2.45, 2.75) is 17.7 Å². The molecule has 1 amide bonds. The van der Waals surface area contributed by atoms with E-state index in [4.69, 9.17) is 16.3 Å². The molecule has 9 heteroatoms. The Hall–Kier alpha value is -2.16. The second kappa shape index (κ2) is 10.2. The summed E-state index contributed by atoms with van der Waals surface area (Å²) in [6, 6.07) is 11.7. The summed E-state index contributed by atoms with van der Waals surface area (Å²) in [5.41, 5.74) is 0. The number of halogens is 2. The summed E-state index contributed by atoms with van der Waals surface area (Å²) in [6.45, 7) is 0.488. The van der Waals surface area contributed by atoms with Crippen molar-refractivity contribution >= 4 is 27.5 Å². The van der Waals surface area contributed by atoms with Crippen LogP contribution in [0.2, 0.25) is 5.02 Å². The Morgan fingerprint density at radius 1 is 1.11 bits per heavy atom. The molecule has 0 saturated heterocycles. The van der Waals surface area contributed by atoms with Crippen LogP contribution in [0.25, 0.3) is 0 Å². The number of benzene rings is 2. The van der Waals surface area contributed by atoms with E-state index in [0.717, 1.165) is 0 Å². The van der Waals surface area contributed by atoms with E-state index < -0.39 is 10.0 Å². The molecule has 2 N–H and O–H groups in total. The summed E-state index contributed by atoms with van der Waals surface area (Å²) in [6.07, 6.45) is 0.674. The number of nitrogens with one attached hydrogen (secondary N) is 2. The first-order chi connectivity index (χ1) is 12.9. The third-order valence-electron chi connectivity index (χ3n) is 3.46. The first-order valence-corrected chi connectivity index (χ1v) is 10.1. The lowest BCUT2D eigenvalue weighted by atomic mass is 10.3. The molecule has 0 spiro atoms. The van der Waals surface area contributed by atoms with Crippen molar-refractivity contribution in [3.05, 3.63) is 59.4 Å². The van der Waals surface area contributed by atoms with E-state index in [1.165, 1.54) is 24.3 Å². The lowest BCUT2D eigenvalue weighted by Gasteiger charge is -2.09. The quantitative estimate of drug-likeness (QED) is 0.585. The molecule has 0 fully saturated rings. The summed E-state index contributed by atoms with van der Waals surface area (Å²) >= 11 is 5.78. The third-order valence-corrected chi connectivity index (χ3v) is 5.15. The average Bonchev–Trinajstić information content (AvgIpc) is 2.62. The van der Waals surface area contributed by atoms with Crippen LogP contribution in [0, 0.1) is 5.82 Å². The van der Waals surface area contributed by atoms with Crippen LogP contribution in [0.1, 0.15) is 12.8 Å². The molecule has 0 bridgehead atoms. The summed E-state index contributed by atoms with van der Waals surface area (Å²) in [5, 5.41) is 2.94. The molecule has 2 rings (SSSR count). The molecular formula is C18H20ClFN2O4S. The van der Waals surface area contributed by atoms with Crippen LogP contribution in [0.5, 0.6) is 5.75 Å². The van der Waals surface area contributed by atoms with Gasteiger partial charge in [0.15, 0.2) is 0 Å². The second-order valence-corrected chi connectivity index (χ2v) is 7.82. The Balaban J connectivity index is 1.62. The fraction of sp³-hybridized carbons (Fsp3) is 0.278. The highest BCUT2D eigenvalue weighted by Gasteiger charge is 2.13. The normalized spacial score (nSPS) is 11.2. The number of carbonyl (C=O) groups excluding carboxylic acids is 1. The molecule has 0 aliphatic carbocycles. The predicted molar refractivity (Wildman–Crippen MR) is 101 cm³/mol. The van der Waals surface area contributed by atoms with Gasteiger partial charge < -0.3 is 10.1 Å². The minimum Gasteiger partial charge on any atom is -0.493 e. The maximum Gasteiger partial charge on any atom is 0.240 e. The smallest absolute Gasteiger partial charge is 0.240 e. The zero-order valence-electron chi connectivity index (χ0n) is 14.5. The number of carbonyl (C=O) groups is 1. The number of rotatable bonds is 10. The van der Waals surface area contributed by atoms with Gasteiger partial charge in [-0.2, -0.15) is 0 Å². The van der Waals surface area contributed by atoms with Crippen molar-refractivity contribution in [2.75, 3.05) is 19.7 Å². The van der Waals surface area contributed by atoms with E-state index in [1.807, 2.05) is 0 Å². The largest absolute Gasteiger partial charge is 0.493 e. The Morgan fingerprint density at radius 3 is 2.63 bits per heavy atom. The molecule has 146 valence electrons. The van der Waals surface area contributed by atoms with Gasteiger partial charge in [0.25, 0.3) is 0 Å². The lowest BCUT2D eigenvalue weighted by Crippen LogP contribution is -2.34. The molecule has 2 aromatic rings. The minimum absolute atomic E-state index is 0.0559. The van der Waals surface area contributed by atoms with Crippen molar-refractivity contribution in [3.8, 4) is 5.75 Å². The molecule has 0 radical (unpaired) electrons. The highest BCUT2D eigenvalue weighted by atomic mass is 35.5. The standard InChI is InChI=1S/C18H20ClFN2O4S/c19-14-4-1-7-17(12-14)27(24,25)22-10-9-21-18(23)8-3-11-26-16-6-2-5-15(20)13-16/h1-2,4-7,12-13,22H,3,8-11H2,(H,21,23). The maximum atomic E-state index is 13.0. The van der Waals surface area contributed by atoms with Gasteiger partial charge >= 0.3 is 0 Å². The van der Waals surface area contributed by atoms with Gasteiger partial charge in [0.2, 0.25) is 15.9 Å². The zero-order valence-corrected chi connectivity index (χ0v) is 16.0. The van der Waals surface area contributed by atoms with Gasteiger partial charge in [-0.25, -0.2) is 17.5 Å². The predicted octanol–water partition coefficient (Wildman–Crippen LogP) is 2.73. The van der Waals surface area contributed by atoms with Gasteiger partial charge in [-0.15, -0.1) is 0 Å². The Morgan fingerprint density at radius 2 is 1.89 bits per heavy atom. The van der Waals surface area contributed by atoms with Crippen molar-refractivity contribution < 1.29 is 22.3 Å². The summed E-state index contributed by atoms with van der Waals surface area (Å²) < 4.78 is 44.9. The Labute approximate surface area is 162 Å². The summed E-state index contributed by atoms with van der Waals surface area (Å²) in [4.78, 5) is 11.8. The van der Waals surface area contributed by atoms with Gasteiger partial charge in [0.05, 0.1) is 11.5 Å². The second-order valence-electron chi connectivity index (χ2n) is 5.61. The van der Waals surface area contributed by atoms with Crippen LogP contribution >= 0.6 is 11.6 Å². The van der Waals surface area contributed by atoms with Crippen LogP contribution in [-0.4, -0.2) is 34.0 Å². The van der Waals surface area contributed by atoms with Crippen molar-refractivity contribution in [3.63, 3.8) is 0 Å². The Kier molecular flexibility index (Phi) is 8.02. The molecule has 0 heterocycles. The zero-order chi connectivity index (χ0) is 19.7. The van der Waals surface area contributed by atoms with E-state index in [0.29, 0.717) is 17.2 Å². The first kappa shape index (κ1) is 21.1. The fourth-order valence-electron chi connectivity index (χ4n) is 2.17. The number of sulfonamides is 1. The highest BCUT2D eigenvalue weighted by Crippen LogP contribution is 2.15. The molecule has 27 heavy (non-hydrogen) atoms. The van der Waals surface area contributed by atoms with E-state index in [-0.39, 0.29) is 42.7 Å². The lowest BCUT2D eigenvalue weighted by molar-refractivity contribution is -0.121. The molecular weight excluding hydrogens is 395 g/mol. The van der Waals surface area contributed by atoms with Gasteiger partial charge in [-0.05, 0) is 36.8 Å². The van der Waals surface area contributed by atoms with Crippen LogP contribution in [0.3, 0.4) is 0 Å². The monoisotopic (exact) mass is 414 g/mol. The highest BCUT2D eigenvalue weighted by molar-refractivity contribution is 7.89. The van der Waals surface area contributed by atoms with Crippen LogP contribution in [0.4, 0.5) is 4.39 Å². The average molecular weight is 415 g/mol.